The van der Waals surface area contributed by atoms with E-state index in [9.17, 15) is 0 Å². The molecule has 1 aliphatic carbocycles. The van der Waals surface area contributed by atoms with Crippen molar-refractivity contribution < 1.29 is 0 Å². The summed E-state index contributed by atoms with van der Waals surface area (Å²) in [6, 6.07) is 0. The molecule has 3 heteroatoms. The summed E-state index contributed by atoms with van der Waals surface area (Å²) in [6.45, 7) is 7.80. The van der Waals surface area contributed by atoms with E-state index >= 15 is 0 Å². The molecule has 0 amide bonds. The van der Waals surface area contributed by atoms with Gasteiger partial charge >= 0.3 is 0 Å². The molecule has 1 aliphatic rings. The molecule has 1 heterocycles. The van der Waals surface area contributed by atoms with E-state index in [-0.39, 0.29) is 5.54 Å². The van der Waals surface area contributed by atoms with Gasteiger partial charge in [-0.2, -0.15) is 5.10 Å². The molecule has 3 nitrogen and oxygen atoms in total. The van der Waals surface area contributed by atoms with Gasteiger partial charge in [-0.1, -0.05) is 27.2 Å². The van der Waals surface area contributed by atoms with Crippen LogP contribution in [0.4, 0.5) is 0 Å². The lowest BCUT2D eigenvalue weighted by atomic mass is 9.66. The summed E-state index contributed by atoms with van der Waals surface area (Å²) >= 11 is 0. The fraction of sp³-hybridized carbons (Fsp3) is 0.786. The zero-order valence-corrected chi connectivity index (χ0v) is 11.4. The van der Waals surface area contributed by atoms with E-state index in [0.29, 0.717) is 5.41 Å². The highest BCUT2D eigenvalue weighted by Gasteiger charge is 2.38. The zero-order valence-electron chi connectivity index (χ0n) is 11.4. The van der Waals surface area contributed by atoms with Crippen molar-refractivity contribution in [1.29, 1.82) is 0 Å². The molecule has 0 aromatic carbocycles. The number of nitrogens with zero attached hydrogens (tertiary/aromatic N) is 2. The lowest BCUT2D eigenvalue weighted by Gasteiger charge is -2.42. The molecule has 1 unspecified atom stereocenters. The van der Waals surface area contributed by atoms with Crippen LogP contribution in [-0.4, -0.2) is 9.78 Å². The second-order valence-corrected chi connectivity index (χ2v) is 6.34. The lowest BCUT2D eigenvalue weighted by molar-refractivity contribution is 0.151. The van der Waals surface area contributed by atoms with Gasteiger partial charge in [-0.15, -0.1) is 0 Å². The highest BCUT2D eigenvalue weighted by molar-refractivity contribution is 5.19. The number of aryl methyl sites for hydroxylation is 1. The molecular formula is C14H25N3. The first-order chi connectivity index (χ1) is 7.95. The van der Waals surface area contributed by atoms with Crippen molar-refractivity contribution in [3.63, 3.8) is 0 Å². The van der Waals surface area contributed by atoms with E-state index in [0.717, 1.165) is 25.8 Å². The molecule has 0 bridgehead atoms. The van der Waals surface area contributed by atoms with Gasteiger partial charge in [-0.05, 0) is 31.1 Å². The molecule has 0 spiro atoms. The first-order valence-corrected chi connectivity index (χ1v) is 6.77. The Labute approximate surface area is 104 Å². The average Bonchev–Trinajstić information content (AvgIpc) is 2.65. The minimum Gasteiger partial charge on any atom is -0.321 e. The molecule has 2 N–H and O–H groups in total. The molecule has 1 saturated carbocycles. The fourth-order valence-corrected chi connectivity index (χ4v) is 3.13. The standard InChI is InChI=1S/C14H25N3/c1-4-8-17-10-12(9-16-17)14(15)7-5-6-13(2,3)11-14/h9-10H,4-8,11,15H2,1-3H3. The van der Waals surface area contributed by atoms with Gasteiger partial charge in [0.25, 0.3) is 0 Å². The largest absolute Gasteiger partial charge is 0.321 e. The maximum Gasteiger partial charge on any atom is 0.0540 e. The molecule has 1 fully saturated rings. The smallest absolute Gasteiger partial charge is 0.0540 e. The summed E-state index contributed by atoms with van der Waals surface area (Å²) in [5.74, 6) is 0. The Morgan fingerprint density at radius 1 is 1.41 bits per heavy atom. The van der Waals surface area contributed by atoms with Gasteiger partial charge in [0, 0.05) is 23.8 Å². The van der Waals surface area contributed by atoms with E-state index in [1.807, 2.05) is 10.9 Å². The molecule has 0 aliphatic heterocycles. The van der Waals surface area contributed by atoms with Crippen molar-refractivity contribution in [2.24, 2.45) is 11.1 Å². The number of nitrogens with two attached hydrogens (primary N) is 1. The third-order valence-electron chi connectivity index (χ3n) is 3.93. The molecule has 0 radical (unpaired) electrons. The van der Waals surface area contributed by atoms with Gasteiger partial charge in [0.1, 0.15) is 0 Å². The molecule has 2 rings (SSSR count). The van der Waals surface area contributed by atoms with E-state index in [2.05, 4.69) is 32.1 Å². The molecule has 0 saturated heterocycles. The topological polar surface area (TPSA) is 43.8 Å². The number of hydrogen-bond donors (Lipinski definition) is 1. The first-order valence-electron chi connectivity index (χ1n) is 6.77. The normalized spacial score (nSPS) is 28.2. The monoisotopic (exact) mass is 235 g/mol. The number of aromatic nitrogens is 2. The first kappa shape index (κ1) is 12.6. The van der Waals surface area contributed by atoms with Crippen LogP contribution < -0.4 is 5.73 Å². The SMILES string of the molecule is CCCn1cc(C2(N)CCCC(C)(C)C2)cn1. The number of rotatable bonds is 3. The second kappa shape index (κ2) is 4.45. The van der Waals surface area contributed by atoms with Crippen LogP contribution in [0.2, 0.25) is 0 Å². The van der Waals surface area contributed by atoms with Crippen LogP contribution in [0, 0.1) is 5.41 Å². The van der Waals surface area contributed by atoms with Crippen LogP contribution in [-0.2, 0) is 12.1 Å². The van der Waals surface area contributed by atoms with E-state index < -0.39 is 0 Å². The third kappa shape index (κ3) is 2.71. The van der Waals surface area contributed by atoms with Gasteiger partial charge in [-0.3, -0.25) is 4.68 Å². The van der Waals surface area contributed by atoms with Crippen molar-refractivity contribution in [3.8, 4) is 0 Å². The predicted octanol–water partition coefficient (Wildman–Crippen LogP) is 3.05. The third-order valence-corrected chi connectivity index (χ3v) is 3.93. The molecule has 1 aromatic rings. The van der Waals surface area contributed by atoms with E-state index in [4.69, 9.17) is 5.73 Å². The van der Waals surface area contributed by atoms with Crippen LogP contribution in [0.25, 0.3) is 0 Å². The Balaban J connectivity index is 2.18. The van der Waals surface area contributed by atoms with Gasteiger partial charge in [0.2, 0.25) is 0 Å². The van der Waals surface area contributed by atoms with Gasteiger partial charge in [-0.25, -0.2) is 0 Å². The van der Waals surface area contributed by atoms with Crippen LogP contribution >= 0.6 is 0 Å². The van der Waals surface area contributed by atoms with Gasteiger partial charge < -0.3 is 5.73 Å². The highest BCUT2D eigenvalue weighted by Crippen LogP contribution is 2.44. The minimum absolute atomic E-state index is 0.159. The van der Waals surface area contributed by atoms with Crippen molar-refractivity contribution in [2.75, 3.05) is 0 Å². The molecule has 96 valence electrons. The summed E-state index contributed by atoms with van der Waals surface area (Å²) in [7, 11) is 0. The second-order valence-electron chi connectivity index (χ2n) is 6.34. The zero-order chi connectivity index (χ0) is 12.5. The summed E-state index contributed by atoms with van der Waals surface area (Å²) < 4.78 is 2.02. The van der Waals surface area contributed by atoms with Crippen molar-refractivity contribution in [2.45, 2.75) is 65.0 Å². The summed E-state index contributed by atoms with van der Waals surface area (Å²) in [6.07, 6.45) is 9.90. The Kier molecular flexibility index (Phi) is 3.30. The van der Waals surface area contributed by atoms with E-state index in [1.54, 1.807) is 0 Å². The Bertz CT molecular complexity index is 381. The maximum absolute atomic E-state index is 6.61. The van der Waals surface area contributed by atoms with Crippen molar-refractivity contribution in [3.05, 3.63) is 18.0 Å². The van der Waals surface area contributed by atoms with Crippen LogP contribution in [0.1, 0.15) is 58.4 Å². The summed E-state index contributed by atoms with van der Waals surface area (Å²) in [5.41, 5.74) is 8.04. The van der Waals surface area contributed by atoms with Crippen LogP contribution in [0.5, 0.6) is 0 Å². The summed E-state index contributed by atoms with van der Waals surface area (Å²) in [5, 5.41) is 4.41. The Morgan fingerprint density at radius 2 is 2.18 bits per heavy atom. The molecule has 1 atom stereocenters. The molecular weight excluding hydrogens is 210 g/mol. The highest BCUT2D eigenvalue weighted by atomic mass is 15.3. The lowest BCUT2D eigenvalue weighted by Crippen LogP contribution is -2.43. The maximum atomic E-state index is 6.61. The van der Waals surface area contributed by atoms with Crippen molar-refractivity contribution in [1.82, 2.24) is 9.78 Å². The quantitative estimate of drug-likeness (QED) is 0.875. The fourth-order valence-electron chi connectivity index (χ4n) is 3.13. The predicted molar refractivity (Wildman–Crippen MR) is 70.6 cm³/mol. The summed E-state index contributed by atoms with van der Waals surface area (Å²) in [4.78, 5) is 0. The van der Waals surface area contributed by atoms with Crippen LogP contribution in [0.15, 0.2) is 12.4 Å². The van der Waals surface area contributed by atoms with E-state index in [1.165, 1.54) is 18.4 Å². The van der Waals surface area contributed by atoms with Crippen molar-refractivity contribution >= 4 is 0 Å². The van der Waals surface area contributed by atoms with Gasteiger partial charge in [0.05, 0.1) is 6.20 Å². The van der Waals surface area contributed by atoms with Gasteiger partial charge in [0.15, 0.2) is 0 Å². The number of hydrogen-bond acceptors (Lipinski definition) is 2. The Morgan fingerprint density at radius 3 is 2.82 bits per heavy atom. The van der Waals surface area contributed by atoms with Crippen LogP contribution in [0.3, 0.4) is 0 Å². The Hall–Kier alpha value is -0.830. The molecule has 17 heavy (non-hydrogen) atoms. The molecule has 1 aromatic heterocycles. The average molecular weight is 235 g/mol. The minimum atomic E-state index is -0.159.